The Labute approximate surface area is 133 Å². The molecular weight excluding hydrogens is 288 g/mol. The molecule has 0 spiro atoms. The van der Waals surface area contributed by atoms with Crippen molar-refractivity contribution in [3.05, 3.63) is 59.7 Å². The van der Waals surface area contributed by atoms with Crippen LogP contribution in [0.5, 0.6) is 0 Å². The number of ketones is 1. The van der Waals surface area contributed by atoms with Crippen LogP contribution in [0.15, 0.2) is 42.7 Å². The van der Waals surface area contributed by atoms with E-state index in [9.17, 15) is 4.79 Å². The van der Waals surface area contributed by atoms with Crippen molar-refractivity contribution in [2.45, 2.75) is 19.4 Å². The average molecular weight is 304 g/mol. The zero-order valence-electron chi connectivity index (χ0n) is 12.5. The molecule has 5 heteroatoms. The fraction of sp³-hybridized carbons (Fsp3) is 0.167. The number of carbonyl (C=O) groups is 1. The third-order valence-corrected chi connectivity index (χ3v) is 4.22. The summed E-state index contributed by atoms with van der Waals surface area (Å²) >= 11 is 0. The SMILES string of the molecule is NCc1nc(-c2ccc3c(c2)CCC3=O)c(-c2ccncc2)[nH]1. The van der Waals surface area contributed by atoms with Crippen molar-refractivity contribution in [3.63, 3.8) is 0 Å². The molecule has 114 valence electrons. The molecule has 5 nitrogen and oxygen atoms in total. The van der Waals surface area contributed by atoms with E-state index in [0.717, 1.165) is 45.9 Å². The fourth-order valence-corrected chi connectivity index (χ4v) is 3.06. The van der Waals surface area contributed by atoms with Gasteiger partial charge in [-0.3, -0.25) is 9.78 Å². The van der Waals surface area contributed by atoms with Crippen LogP contribution in [0.1, 0.15) is 28.2 Å². The number of benzene rings is 1. The van der Waals surface area contributed by atoms with Crippen molar-refractivity contribution >= 4 is 5.78 Å². The average Bonchev–Trinajstić information content (AvgIpc) is 3.19. The molecule has 4 rings (SSSR count). The van der Waals surface area contributed by atoms with Crippen LogP contribution in [-0.2, 0) is 13.0 Å². The Morgan fingerprint density at radius 1 is 1.09 bits per heavy atom. The molecule has 1 aromatic carbocycles. The molecule has 2 aromatic heterocycles. The standard InChI is InChI=1S/C18H16N4O/c19-10-16-21-17(11-5-7-20-8-6-11)18(22-16)13-1-3-14-12(9-13)2-4-15(14)23/h1,3,5-9H,2,4,10,19H2,(H,21,22). The van der Waals surface area contributed by atoms with Gasteiger partial charge in [0.15, 0.2) is 5.78 Å². The lowest BCUT2D eigenvalue weighted by Gasteiger charge is -2.05. The maximum atomic E-state index is 11.8. The number of rotatable bonds is 3. The smallest absolute Gasteiger partial charge is 0.163 e. The third-order valence-electron chi connectivity index (χ3n) is 4.22. The normalized spacial score (nSPS) is 13.3. The van der Waals surface area contributed by atoms with E-state index in [4.69, 9.17) is 5.73 Å². The Bertz CT molecular complexity index is 883. The number of H-pyrrole nitrogens is 1. The molecule has 3 N–H and O–H groups in total. The molecule has 0 aliphatic heterocycles. The highest BCUT2D eigenvalue weighted by molar-refractivity contribution is 6.01. The van der Waals surface area contributed by atoms with Gasteiger partial charge in [0.1, 0.15) is 5.82 Å². The van der Waals surface area contributed by atoms with Crippen molar-refractivity contribution < 1.29 is 4.79 Å². The largest absolute Gasteiger partial charge is 0.340 e. The van der Waals surface area contributed by atoms with Crippen LogP contribution in [0.2, 0.25) is 0 Å². The summed E-state index contributed by atoms with van der Waals surface area (Å²) in [5.41, 5.74) is 11.5. The van der Waals surface area contributed by atoms with Crippen LogP contribution in [0.25, 0.3) is 22.5 Å². The number of nitrogens with two attached hydrogens (primary N) is 1. The van der Waals surface area contributed by atoms with Crippen LogP contribution < -0.4 is 5.73 Å². The van der Waals surface area contributed by atoms with Crippen LogP contribution in [0, 0.1) is 0 Å². The Morgan fingerprint density at radius 2 is 1.91 bits per heavy atom. The molecular formula is C18H16N4O. The summed E-state index contributed by atoms with van der Waals surface area (Å²) in [5, 5.41) is 0. The van der Waals surface area contributed by atoms with Crippen LogP contribution in [0.4, 0.5) is 0 Å². The minimum atomic E-state index is 0.227. The summed E-state index contributed by atoms with van der Waals surface area (Å²) < 4.78 is 0. The molecule has 1 aliphatic rings. The topological polar surface area (TPSA) is 84.7 Å². The molecule has 0 bridgehead atoms. The van der Waals surface area contributed by atoms with E-state index in [-0.39, 0.29) is 5.78 Å². The highest BCUT2D eigenvalue weighted by atomic mass is 16.1. The lowest BCUT2D eigenvalue weighted by molar-refractivity contribution is 0.0994. The number of hydrogen-bond donors (Lipinski definition) is 2. The second-order valence-corrected chi connectivity index (χ2v) is 5.64. The number of nitrogens with zero attached hydrogens (tertiary/aromatic N) is 2. The minimum Gasteiger partial charge on any atom is -0.340 e. The fourth-order valence-electron chi connectivity index (χ4n) is 3.06. The summed E-state index contributed by atoms with van der Waals surface area (Å²) in [5.74, 6) is 0.967. The number of aryl methyl sites for hydroxylation is 1. The van der Waals surface area contributed by atoms with E-state index in [1.54, 1.807) is 12.4 Å². The summed E-state index contributed by atoms with van der Waals surface area (Å²) in [4.78, 5) is 23.8. The Hall–Kier alpha value is -2.79. The molecule has 0 saturated carbocycles. The number of Topliss-reactive ketones (excluding diaryl/α,β-unsaturated/α-hetero) is 1. The van der Waals surface area contributed by atoms with Gasteiger partial charge in [0, 0.05) is 35.5 Å². The number of imidazole rings is 1. The highest BCUT2D eigenvalue weighted by Crippen LogP contribution is 2.33. The number of nitrogens with one attached hydrogen (secondary N) is 1. The van der Waals surface area contributed by atoms with E-state index in [1.165, 1.54) is 0 Å². The Kier molecular flexibility index (Phi) is 3.28. The van der Waals surface area contributed by atoms with Gasteiger partial charge in [0.05, 0.1) is 17.9 Å². The van der Waals surface area contributed by atoms with E-state index >= 15 is 0 Å². The maximum Gasteiger partial charge on any atom is 0.163 e. The molecule has 0 fully saturated rings. The Balaban J connectivity index is 1.86. The number of carbonyl (C=O) groups excluding carboxylic acids is 1. The lowest BCUT2D eigenvalue weighted by atomic mass is 10.0. The molecule has 0 unspecified atom stereocenters. The van der Waals surface area contributed by atoms with Crippen molar-refractivity contribution in [2.24, 2.45) is 5.73 Å². The highest BCUT2D eigenvalue weighted by Gasteiger charge is 2.21. The van der Waals surface area contributed by atoms with E-state index in [1.807, 2.05) is 24.3 Å². The predicted molar refractivity (Wildman–Crippen MR) is 87.8 cm³/mol. The first kappa shape index (κ1) is 13.8. The van der Waals surface area contributed by atoms with Crippen LogP contribution >= 0.6 is 0 Å². The molecule has 0 radical (unpaired) electrons. The zero-order chi connectivity index (χ0) is 15.8. The summed E-state index contributed by atoms with van der Waals surface area (Å²) in [6.07, 6.45) is 4.91. The number of aromatic amines is 1. The van der Waals surface area contributed by atoms with E-state index < -0.39 is 0 Å². The van der Waals surface area contributed by atoms with Gasteiger partial charge in [-0.1, -0.05) is 12.1 Å². The minimum absolute atomic E-state index is 0.227. The monoisotopic (exact) mass is 304 g/mol. The van der Waals surface area contributed by atoms with Gasteiger partial charge in [0.2, 0.25) is 0 Å². The molecule has 3 aromatic rings. The number of fused-ring (bicyclic) bond motifs is 1. The van der Waals surface area contributed by atoms with Gasteiger partial charge in [-0.15, -0.1) is 0 Å². The van der Waals surface area contributed by atoms with Gasteiger partial charge in [-0.25, -0.2) is 4.98 Å². The van der Waals surface area contributed by atoms with Crippen LogP contribution in [0.3, 0.4) is 0 Å². The summed E-state index contributed by atoms with van der Waals surface area (Å²) in [7, 11) is 0. The van der Waals surface area contributed by atoms with Gasteiger partial charge in [0.25, 0.3) is 0 Å². The van der Waals surface area contributed by atoms with E-state index in [2.05, 4.69) is 21.0 Å². The second-order valence-electron chi connectivity index (χ2n) is 5.64. The zero-order valence-corrected chi connectivity index (χ0v) is 12.5. The van der Waals surface area contributed by atoms with Crippen LogP contribution in [-0.4, -0.2) is 20.7 Å². The lowest BCUT2D eigenvalue weighted by Crippen LogP contribution is -1.98. The maximum absolute atomic E-state index is 11.8. The molecule has 0 amide bonds. The first-order chi connectivity index (χ1) is 11.3. The van der Waals surface area contributed by atoms with Crippen molar-refractivity contribution in [2.75, 3.05) is 0 Å². The molecule has 0 atom stereocenters. The molecule has 0 saturated heterocycles. The van der Waals surface area contributed by atoms with Gasteiger partial charge in [-0.2, -0.15) is 0 Å². The second kappa shape index (κ2) is 5.44. The number of aromatic nitrogens is 3. The number of hydrogen-bond acceptors (Lipinski definition) is 4. The van der Waals surface area contributed by atoms with Crippen molar-refractivity contribution in [1.29, 1.82) is 0 Å². The van der Waals surface area contributed by atoms with Gasteiger partial charge in [-0.05, 0) is 30.2 Å². The Morgan fingerprint density at radius 3 is 2.70 bits per heavy atom. The third kappa shape index (κ3) is 2.35. The van der Waals surface area contributed by atoms with Gasteiger partial charge < -0.3 is 10.7 Å². The molecule has 1 aliphatic carbocycles. The summed E-state index contributed by atoms with van der Waals surface area (Å²) in [6.45, 7) is 0.349. The molecule has 2 heterocycles. The quantitative estimate of drug-likeness (QED) is 0.779. The summed E-state index contributed by atoms with van der Waals surface area (Å²) in [6, 6.07) is 9.82. The van der Waals surface area contributed by atoms with E-state index in [0.29, 0.717) is 13.0 Å². The number of pyridine rings is 1. The van der Waals surface area contributed by atoms with Crippen molar-refractivity contribution in [1.82, 2.24) is 15.0 Å². The molecule has 23 heavy (non-hydrogen) atoms. The first-order valence-electron chi connectivity index (χ1n) is 7.62. The predicted octanol–water partition coefficient (Wildman–Crippen LogP) is 2.73. The van der Waals surface area contributed by atoms with Crippen molar-refractivity contribution in [3.8, 4) is 22.5 Å². The van der Waals surface area contributed by atoms with Gasteiger partial charge >= 0.3 is 0 Å². The first-order valence-corrected chi connectivity index (χ1v) is 7.62.